The third-order valence-electron chi connectivity index (χ3n) is 2.91. The normalized spacial score (nSPS) is 19.1. The molecule has 0 saturated heterocycles. The summed E-state index contributed by atoms with van der Waals surface area (Å²) < 4.78 is 0. The molecule has 74 valence electrons. The molecule has 0 spiro atoms. The van der Waals surface area contributed by atoms with E-state index >= 15 is 0 Å². The van der Waals surface area contributed by atoms with Crippen LogP contribution in [-0.4, -0.2) is 20.4 Å². The van der Waals surface area contributed by atoms with Gasteiger partial charge in [0.1, 0.15) is 6.29 Å². The van der Waals surface area contributed by atoms with Gasteiger partial charge in [0.2, 0.25) is 0 Å². The van der Waals surface area contributed by atoms with Crippen molar-refractivity contribution < 1.29 is 4.79 Å². The highest BCUT2D eigenvalue weighted by Crippen LogP contribution is 2.37. The summed E-state index contributed by atoms with van der Waals surface area (Å²) in [6.07, 6.45) is 3.10. The maximum atomic E-state index is 10.9. The van der Waals surface area contributed by atoms with Gasteiger partial charge in [0.15, 0.2) is 0 Å². The van der Waals surface area contributed by atoms with Gasteiger partial charge in [0, 0.05) is 25.7 Å². The van der Waals surface area contributed by atoms with E-state index in [-0.39, 0.29) is 5.92 Å². The predicted octanol–water partition coefficient (Wildman–Crippen LogP) is 1.98. The molecule has 1 aliphatic carbocycles. The molecule has 0 saturated carbocycles. The third kappa shape index (κ3) is 1.31. The summed E-state index contributed by atoms with van der Waals surface area (Å²) in [5.41, 5.74) is 3.78. The number of benzene rings is 1. The number of carbonyl (C=O) groups is 1. The van der Waals surface area contributed by atoms with Crippen LogP contribution in [0.15, 0.2) is 18.2 Å². The van der Waals surface area contributed by atoms with E-state index in [2.05, 4.69) is 23.1 Å². The SMILES string of the molecule is CN(C)c1cccc2c1C(C=O)CC2. The van der Waals surface area contributed by atoms with Crippen LogP contribution >= 0.6 is 0 Å². The van der Waals surface area contributed by atoms with Crippen LogP contribution in [0.1, 0.15) is 23.5 Å². The van der Waals surface area contributed by atoms with E-state index in [1.807, 2.05) is 14.1 Å². The van der Waals surface area contributed by atoms with Gasteiger partial charge in [-0.1, -0.05) is 12.1 Å². The number of rotatable bonds is 2. The molecule has 0 aromatic heterocycles. The van der Waals surface area contributed by atoms with Crippen molar-refractivity contribution in [3.8, 4) is 0 Å². The van der Waals surface area contributed by atoms with Crippen LogP contribution in [0.3, 0.4) is 0 Å². The first-order valence-electron chi connectivity index (χ1n) is 4.98. The first-order valence-corrected chi connectivity index (χ1v) is 4.98. The van der Waals surface area contributed by atoms with Crippen molar-refractivity contribution in [2.75, 3.05) is 19.0 Å². The van der Waals surface area contributed by atoms with Gasteiger partial charge in [0.05, 0.1) is 0 Å². The van der Waals surface area contributed by atoms with Gasteiger partial charge < -0.3 is 9.69 Å². The lowest BCUT2D eigenvalue weighted by atomic mass is 10.0. The molecule has 0 N–H and O–H groups in total. The highest BCUT2D eigenvalue weighted by molar-refractivity contribution is 5.72. The van der Waals surface area contributed by atoms with Crippen molar-refractivity contribution >= 4 is 12.0 Å². The number of hydrogen-bond acceptors (Lipinski definition) is 2. The molecule has 1 atom stereocenters. The highest BCUT2D eigenvalue weighted by atomic mass is 16.1. The lowest BCUT2D eigenvalue weighted by molar-refractivity contribution is -0.109. The molecule has 0 heterocycles. The third-order valence-corrected chi connectivity index (χ3v) is 2.91. The summed E-state index contributed by atoms with van der Waals surface area (Å²) >= 11 is 0. The highest BCUT2D eigenvalue weighted by Gasteiger charge is 2.25. The first-order chi connectivity index (χ1) is 6.74. The fraction of sp³-hybridized carbons (Fsp3) is 0.417. The van der Waals surface area contributed by atoms with Gasteiger partial charge in [-0.15, -0.1) is 0 Å². The second-order valence-corrected chi connectivity index (χ2v) is 4.03. The summed E-state index contributed by atoms with van der Waals surface area (Å²) in [7, 11) is 4.05. The molecule has 0 bridgehead atoms. The zero-order valence-electron chi connectivity index (χ0n) is 8.66. The number of aldehydes is 1. The fourth-order valence-corrected chi connectivity index (χ4v) is 2.23. The second-order valence-electron chi connectivity index (χ2n) is 4.03. The predicted molar refractivity (Wildman–Crippen MR) is 57.9 cm³/mol. The van der Waals surface area contributed by atoms with Crippen LogP contribution in [0.25, 0.3) is 0 Å². The largest absolute Gasteiger partial charge is 0.377 e. The summed E-state index contributed by atoms with van der Waals surface area (Å²) in [6.45, 7) is 0. The fourth-order valence-electron chi connectivity index (χ4n) is 2.23. The number of anilines is 1. The average Bonchev–Trinajstić information content (AvgIpc) is 2.59. The Morgan fingerprint density at radius 1 is 1.43 bits per heavy atom. The Morgan fingerprint density at radius 3 is 2.86 bits per heavy atom. The van der Waals surface area contributed by atoms with E-state index < -0.39 is 0 Å². The molecule has 1 aliphatic rings. The van der Waals surface area contributed by atoms with Crippen LogP contribution in [0.5, 0.6) is 0 Å². The number of nitrogens with zero attached hydrogens (tertiary/aromatic N) is 1. The minimum atomic E-state index is 0.114. The molecular formula is C12H15NO. The van der Waals surface area contributed by atoms with E-state index in [0.717, 1.165) is 19.1 Å². The van der Waals surface area contributed by atoms with Crippen LogP contribution in [0.2, 0.25) is 0 Å². The van der Waals surface area contributed by atoms with Crippen molar-refractivity contribution in [3.63, 3.8) is 0 Å². The number of aryl methyl sites for hydroxylation is 1. The van der Waals surface area contributed by atoms with Crippen LogP contribution in [-0.2, 0) is 11.2 Å². The Labute approximate surface area is 84.5 Å². The Morgan fingerprint density at radius 2 is 2.21 bits per heavy atom. The first kappa shape index (κ1) is 9.25. The second kappa shape index (κ2) is 3.45. The van der Waals surface area contributed by atoms with Gasteiger partial charge in [-0.3, -0.25) is 0 Å². The van der Waals surface area contributed by atoms with E-state index in [9.17, 15) is 4.79 Å². The molecule has 1 aromatic rings. The molecule has 1 aromatic carbocycles. The Bertz CT molecular complexity index is 357. The zero-order valence-corrected chi connectivity index (χ0v) is 8.66. The molecule has 2 heteroatoms. The topological polar surface area (TPSA) is 20.3 Å². The van der Waals surface area contributed by atoms with Gasteiger partial charge in [-0.25, -0.2) is 0 Å². The van der Waals surface area contributed by atoms with Gasteiger partial charge in [-0.05, 0) is 30.0 Å². The Kier molecular flexibility index (Phi) is 2.28. The maximum Gasteiger partial charge on any atom is 0.127 e. The average molecular weight is 189 g/mol. The van der Waals surface area contributed by atoms with Crippen molar-refractivity contribution in [2.45, 2.75) is 18.8 Å². The number of fused-ring (bicyclic) bond motifs is 1. The van der Waals surface area contributed by atoms with Gasteiger partial charge in [0.25, 0.3) is 0 Å². The molecule has 0 amide bonds. The number of carbonyl (C=O) groups excluding carboxylic acids is 1. The summed E-state index contributed by atoms with van der Waals surface area (Å²) in [5, 5.41) is 0. The molecule has 2 nitrogen and oxygen atoms in total. The van der Waals surface area contributed by atoms with E-state index in [1.54, 1.807) is 0 Å². The lowest BCUT2D eigenvalue weighted by Gasteiger charge is -2.18. The van der Waals surface area contributed by atoms with E-state index in [4.69, 9.17) is 0 Å². The van der Waals surface area contributed by atoms with E-state index in [0.29, 0.717) is 0 Å². The van der Waals surface area contributed by atoms with Crippen molar-refractivity contribution in [1.82, 2.24) is 0 Å². The minimum Gasteiger partial charge on any atom is -0.377 e. The van der Waals surface area contributed by atoms with Crippen LogP contribution in [0, 0.1) is 0 Å². The number of hydrogen-bond donors (Lipinski definition) is 0. The van der Waals surface area contributed by atoms with Gasteiger partial charge in [-0.2, -0.15) is 0 Å². The van der Waals surface area contributed by atoms with Crippen molar-refractivity contribution in [1.29, 1.82) is 0 Å². The van der Waals surface area contributed by atoms with Crippen molar-refractivity contribution in [2.24, 2.45) is 0 Å². The molecule has 14 heavy (non-hydrogen) atoms. The summed E-state index contributed by atoms with van der Waals surface area (Å²) in [4.78, 5) is 13.0. The summed E-state index contributed by atoms with van der Waals surface area (Å²) in [6, 6.07) is 6.29. The van der Waals surface area contributed by atoms with Crippen LogP contribution in [0.4, 0.5) is 5.69 Å². The lowest BCUT2D eigenvalue weighted by Crippen LogP contribution is -2.12. The molecular weight excluding hydrogens is 174 g/mol. The molecule has 0 aliphatic heterocycles. The molecule has 0 radical (unpaired) electrons. The summed E-state index contributed by atoms with van der Waals surface area (Å²) in [5.74, 6) is 0.114. The van der Waals surface area contributed by atoms with Gasteiger partial charge >= 0.3 is 0 Å². The molecule has 0 fully saturated rings. The van der Waals surface area contributed by atoms with Crippen molar-refractivity contribution in [3.05, 3.63) is 29.3 Å². The monoisotopic (exact) mass is 189 g/mol. The quantitative estimate of drug-likeness (QED) is 0.663. The Hall–Kier alpha value is -1.31. The van der Waals surface area contributed by atoms with Crippen LogP contribution < -0.4 is 4.90 Å². The minimum absolute atomic E-state index is 0.114. The molecule has 1 unspecified atom stereocenters. The van der Waals surface area contributed by atoms with E-state index in [1.165, 1.54) is 16.8 Å². The zero-order chi connectivity index (χ0) is 10.1. The standard InChI is InChI=1S/C12H15NO/c1-13(2)11-5-3-4-9-6-7-10(8-14)12(9)11/h3-5,8,10H,6-7H2,1-2H3. The maximum absolute atomic E-state index is 10.9. The Balaban J connectivity index is 2.53. The smallest absolute Gasteiger partial charge is 0.127 e. The molecule has 2 rings (SSSR count).